The highest BCUT2D eigenvalue weighted by molar-refractivity contribution is 7.48. The Morgan fingerprint density at radius 3 is 2.94 bits per heavy atom. The fraction of sp³-hybridized carbons (Fsp3) is 0.429. The van der Waals surface area contributed by atoms with E-state index in [9.17, 15) is 28.4 Å². The van der Waals surface area contributed by atoms with Gasteiger partial charge in [-0.3, -0.25) is 23.3 Å². The molecule has 6 atom stereocenters. The van der Waals surface area contributed by atoms with Gasteiger partial charge in [0.15, 0.2) is 23.5 Å². The molecule has 0 aliphatic carbocycles. The van der Waals surface area contributed by atoms with Gasteiger partial charge in [-0.25, -0.2) is 13.3 Å². The Bertz CT molecular complexity index is 1410. The van der Waals surface area contributed by atoms with Crippen molar-refractivity contribution in [3.05, 3.63) is 58.0 Å². The van der Waals surface area contributed by atoms with E-state index in [1.54, 1.807) is 0 Å². The van der Waals surface area contributed by atoms with E-state index in [4.69, 9.17) is 24.0 Å². The number of nitrogen functional groups attached to an aromatic ring is 1. The third-order valence-corrected chi connectivity index (χ3v) is 7.69. The number of hydrogen-bond acceptors (Lipinski definition) is 10. The van der Waals surface area contributed by atoms with Gasteiger partial charge in [-0.2, -0.15) is 4.98 Å². The van der Waals surface area contributed by atoms with Gasteiger partial charge in [0.2, 0.25) is 5.95 Å². The number of nitrogens with one attached hydrogen (secondary N) is 1. The zero-order valence-electron chi connectivity index (χ0n) is 18.8. The highest BCUT2D eigenvalue weighted by atomic mass is 31.2. The molecule has 0 unspecified atom stereocenters. The number of aromatic nitrogens is 3. The number of fused-ring (bicyclic) bond motifs is 1. The van der Waals surface area contributed by atoms with Crippen LogP contribution in [0, 0.1) is 11.6 Å². The number of halogens is 2. The summed E-state index contributed by atoms with van der Waals surface area (Å²) in [6.45, 7) is 0.644. The molecule has 2 aliphatic rings. The quantitative estimate of drug-likeness (QED) is 0.359. The van der Waals surface area contributed by atoms with Crippen molar-refractivity contribution in [2.24, 2.45) is 0 Å². The number of H-pyrrole nitrogens is 1. The van der Waals surface area contributed by atoms with Gasteiger partial charge in [0.1, 0.15) is 17.8 Å². The number of aliphatic hydroxyl groups excluding tert-OH is 1. The molecule has 3 aromatic rings. The van der Waals surface area contributed by atoms with Crippen LogP contribution in [0.3, 0.4) is 0 Å². The molecular formula is C21H23F2N4O8P. The Labute approximate surface area is 202 Å². The van der Waals surface area contributed by atoms with Gasteiger partial charge < -0.3 is 25.3 Å². The van der Waals surface area contributed by atoms with Crippen LogP contribution < -0.4 is 11.3 Å². The van der Waals surface area contributed by atoms with Crippen LogP contribution in [0.15, 0.2) is 35.3 Å². The second kappa shape index (κ2) is 8.99. The van der Waals surface area contributed by atoms with E-state index in [1.807, 2.05) is 0 Å². The Hall–Kier alpha value is -2.71. The van der Waals surface area contributed by atoms with Crippen molar-refractivity contribution in [2.75, 3.05) is 18.9 Å². The molecule has 5 rings (SSSR count). The number of aliphatic hydroxyl groups is 2. The van der Waals surface area contributed by atoms with Crippen LogP contribution >= 0.6 is 7.82 Å². The monoisotopic (exact) mass is 528 g/mol. The molecule has 1 aromatic carbocycles. The molecule has 2 aliphatic heterocycles. The first-order valence-corrected chi connectivity index (χ1v) is 12.4. The van der Waals surface area contributed by atoms with Crippen molar-refractivity contribution in [3.63, 3.8) is 0 Å². The van der Waals surface area contributed by atoms with Crippen molar-refractivity contribution in [3.8, 4) is 0 Å². The molecule has 2 aromatic heterocycles. The summed E-state index contributed by atoms with van der Waals surface area (Å²) < 4.78 is 63.9. The molecule has 2 fully saturated rings. The first-order valence-electron chi connectivity index (χ1n) is 10.9. The fourth-order valence-electron chi connectivity index (χ4n) is 4.35. The van der Waals surface area contributed by atoms with Crippen molar-refractivity contribution >= 4 is 24.8 Å². The van der Waals surface area contributed by atoms with Crippen molar-refractivity contribution in [1.82, 2.24) is 14.5 Å². The highest BCUT2D eigenvalue weighted by Gasteiger charge is 2.54. The molecule has 4 heterocycles. The van der Waals surface area contributed by atoms with Crippen LogP contribution in [0.5, 0.6) is 0 Å². The number of nitrogens with two attached hydrogens (primary N) is 1. The van der Waals surface area contributed by atoms with Crippen LogP contribution in [0.2, 0.25) is 0 Å². The number of anilines is 1. The lowest BCUT2D eigenvalue weighted by atomic mass is 9.96. The van der Waals surface area contributed by atoms with Gasteiger partial charge in [0.25, 0.3) is 5.56 Å². The van der Waals surface area contributed by atoms with E-state index < -0.39 is 61.8 Å². The second-order valence-corrected chi connectivity index (χ2v) is 10.3. The SMILES string of the molecule is C[C@@]1(O)[C@H](O)[C@@H](CO[P@@]2(=O)OCC[C@@H](c3cccc(F)c3F)O2)O[C@H]1n1ccc2c(=O)[nH]c(N)nc21. The van der Waals surface area contributed by atoms with Gasteiger partial charge in [-0.05, 0) is 19.1 Å². The molecule has 194 valence electrons. The number of nitrogens with zero attached hydrogens (tertiary/aromatic N) is 2. The van der Waals surface area contributed by atoms with Crippen LogP contribution in [-0.4, -0.2) is 55.8 Å². The number of phosphoric acid groups is 1. The fourth-order valence-corrected chi connectivity index (χ4v) is 5.74. The van der Waals surface area contributed by atoms with Gasteiger partial charge in [-0.1, -0.05) is 12.1 Å². The average molecular weight is 528 g/mol. The lowest BCUT2D eigenvalue weighted by Gasteiger charge is -2.30. The number of ether oxygens (including phenoxy) is 1. The van der Waals surface area contributed by atoms with Gasteiger partial charge >= 0.3 is 7.82 Å². The molecule has 0 saturated carbocycles. The Balaban J connectivity index is 1.33. The lowest BCUT2D eigenvalue weighted by molar-refractivity contribution is -0.0950. The summed E-state index contributed by atoms with van der Waals surface area (Å²) in [5.74, 6) is -2.36. The third-order valence-electron chi connectivity index (χ3n) is 6.22. The van der Waals surface area contributed by atoms with Crippen LogP contribution in [0.4, 0.5) is 14.7 Å². The van der Waals surface area contributed by atoms with Gasteiger partial charge in [0.05, 0.1) is 24.7 Å². The summed E-state index contributed by atoms with van der Waals surface area (Å²) in [5.41, 5.74) is 3.22. The minimum atomic E-state index is -4.27. The van der Waals surface area contributed by atoms with E-state index in [-0.39, 0.29) is 35.6 Å². The molecule has 5 N–H and O–H groups in total. The molecule has 0 spiro atoms. The van der Waals surface area contributed by atoms with Crippen LogP contribution in [0.25, 0.3) is 11.0 Å². The van der Waals surface area contributed by atoms with Crippen molar-refractivity contribution in [1.29, 1.82) is 0 Å². The summed E-state index contributed by atoms with van der Waals surface area (Å²) in [5, 5.41) is 21.9. The summed E-state index contributed by atoms with van der Waals surface area (Å²) in [6, 6.07) is 5.00. The van der Waals surface area contributed by atoms with E-state index >= 15 is 0 Å². The molecule has 0 amide bonds. The number of benzene rings is 1. The summed E-state index contributed by atoms with van der Waals surface area (Å²) in [4.78, 5) is 18.6. The average Bonchev–Trinajstić information content (AvgIpc) is 3.33. The maximum Gasteiger partial charge on any atom is 0.475 e. The largest absolute Gasteiger partial charge is 0.475 e. The van der Waals surface area contributed by atoms with Crippen LogP contribution in [0.1, 0.15) is 31.2 Å². The Morgan fingerprint density at radius 2 is 2.17 bits per heavy atom. The molecule has 0 radical (unpaired) electrons. The maximum absolute atomic E-state index is 14.2. The number of aromatic amines is 1. The molecule has 15 heteroatoms. The minimum absolute atomic E-state index is 0.100. The predicted octanol–water partition coefficient (Wildman–Crippen LogP) is 1.90. The number of phosphoric ester groups is 1. The first-order chi connectivity index (χ1) is 17.0. The molecule has 36 heavy (non-hydrogen) atoms. The smallest absolute Gasteiger partial charge is 0.387 e. The number of hydrogen-bond donors (Lipinski definition) is 4. The predicted molar refractivity (Wildman–Crippen MR) is 120 cm³/mol. The minimum Gasteiger partial charge on any atom is -0.387 e. The maximum atomic E-state index is 14.2. The molecule has 12 nitrogen and oxygen atoms in total. The van der Waals surface area contributed by atoms with E-state index in [0.29, 0.717) is 0 Å². The standard InChI is InChI=1S/C21H23F2N4O8P/c1-21(30)16(28)14(34-19(21)27-7-5-11-17(27)25-20(24)26-18(11)29)9-33-36(31)32-8-6-13(35-36)10-3-2-4-12(22)15(10)23/h2-5,7,13-14,16,19,28,30H,6,8-9H2,1H3,(H3,24,25,26,29)/t13-,14+,16+,19+,21+,36+/m0/s1. The zero-order valence-corrected chi connectivity index (χ0v) is 19.7. The molecular weight excluding hydrogens is 505 g/mol. The summed E-state index contributed by atoms with van der Waals surface area (Å²) in [6.07, 6.45) is -3.53. The van der Waals surface area contributed by atoms with Crippen LogP contribution in [-0.2, 0) is 22.9 Å². The Kier molecular flexibility index (Phi) is 6.24. The van der Waals surface area contributed by atoms with Crippen molar-refractivity contribution < 1.29 is 41.9 Å². The van der Waals surface area contributed by atoms with E-state index in [0.717, 1.165) is 6.07 Å². The Morgan fingerprint density at radius 1 is 1.39 bits per heavy atom. The summed E-state index contributed by atoms with van der Waals surface area (Å²) >= 11 is 0. The van der Waals surface area contributed by atoms with Crippen molar-refractivity contribution in [2.45, 2.75) is 43.5 Å². The summed E-state index contributed by atoms with van der Waals surface area (Å²) in [7, 11) is -4.27. The highest BCUT2D eigenvalue weighted by Crippen LogP contribution is 2.57. The first kappa shape index (κ1) is 25.0. The van der Waals surface area contributed by atoms with Gasteiger partial charge in [-0.15, -0.1) is 0 Å². The zero-order chi connectivity index (χ0) is 25.8. The molecule has 2 saturated heterocycles. The normalized spacial score (nSPS) is 32.8. The topological polar surface area (TPSA) is 171 Å². The van der Waals surface area contributed by atoms with Gasteiger partial charge in [0, 0.05) is 18.2 Å². The van der Waals surface area contributed by atoms with E-state index in [1.165, 1.54) is 35.9 Å². The third kappa shape index (κ3) is 4.24. The van der Waals surface area contributed by atoms with E-state index in [2.05, 4.69) is 9.97 Å². The second-order valence-electron chi connectivity index (χ2n) is 8.71. The lowest BCUT2D eigenvalue weighted by Crippen LogP contribution is -2.44. The number of rotatable bonds is 5. The molecule has 0 bridgehead atoms.